The molecule has 1 rings (SSSR count). The van der Waals surface area contributed by atoms with Gasteiger partial charge in [-0.3, -0.25) is 0 Å². The van der Waals surface area contributed by atoms with Gasteiger partial charge in [-0.25, -0.2) is 0 Å². The second-order valence-electron chi connectivity index (χ2n) is 2.86. The largest absolute Gasteiger partial charge is 0.128 e. The lowest BCUT2D eigenvalue weighted by Gasteiger charge is -2.11. The molecule has 0 saturated heterocycles. The Kier molecular flexibility index (Phi) is 5.72. The molecule has 0 bridgehead atoms. The minimum atomic E-state index is 1.23. The predicted molar refractivity (Wildman–Crippen MR) is 76.2 cm³/mol. The Morgan fingerprint density at radius 2 is 1.53 bits per heavy atom. The van der Waals surface area contributed by atoms with Crippen molar-refractivity contribution in [3.05, 3.63) is 30.7 Å². The second kappa shape index (κ2) is 6.56. The number of hydrogen-bond donors (Lipinski definition) is 0. The zero-order chi connectivity index (χ0) is 11.3. The van der Waals surface area contributed by atoms with Crippen LogP contribution in [0.5, 0.6) is 0 Å². The van der Waals surface area contributed by atoms with Crippen LogP contribution in [0.1, 0.15) is 5.56 Å². The third kappa shape index (κ3) is 3.23. The molecular formula is C12H15S3. The lowest BCUT2D eigenvalue weighted by molar-refractivity contribution is 1.12. The van der Waals surface area contributed by atoms with Crippen LogP contribution in [0, 0.1) is 6.92 Å². The summed E-state index contributed by atoms with van der Waals surface area (Å²) < 4.78 is 0. The van der Waals surface area contributed by atoms with E-state index in [1.165, 1.54) is 20.2 Å². The molecule has 15 heavy (non-hydrogen) atoms. The molecule has 0 amide bonds. The molecule has 0 unspecified atom stereocenters. The van der Waals surface area contributed by atoms with E-state index in [0.717, 1.165) is 0 Å². The molecule has 1 aromatic rings. The number of rotatable bonds is 4. The molecule has 0 aliphatic heterocycles. The highest BCUT2D eigenvalue weighted by Gasteiger charge is 2.07. The molecule has 0 fully saturated rings. The molecule has 0 heterocycles. The third-order valence-electron chi connectivity index (χ3n) is 2.00. The van der Waals surface area contributed by atoms with E-state index in [0.29, 0.717) is 0 Å². The second-order valence-corrected chi connectivity index (χ2v) is 5.37. The van der Waals surface area contributed by atoms with E-state index in [2.05, 4.69) is 37.8 Å². The molecule has 0 atom stereocenters. The van der Waals surface area contributed by atoms with Gasteiger partial charge in [-0.1, -0.05) is 12.2 Å². The van der Waals surface area contributed by atoms with Gasteiger partial charge >= 0.3 is 0 Å². The molecule has 0 spiro atoms. The van der Waals surface area contributed by atoms with Gasteiger partial charge in [0.25, 0.3) is 0 Å². The van der Waals surface area contributed by atoms with Crippen LogP contribution in [0.2, 0.25) is 0 Å². The average molecular weight is 255 g/mol. The van der Waals surface area contributed by atoms with Crippen LogP contribution in [0.15, 0.2) is 32.9 Å². The van der Waals surface area contributed by atoms with Gasteiger partial charge in [0.1, 0.15) is 0 Å². The first-order valence-electron chi connectivity index (χ1n) is 4.52. The Morgan fingerprint density at radius 3 is 1.87 bits per heavy atom. The third-order valence-corrected chi connectivity index (χ3v) is 4.63. The monoisotopic (exact) mass is 255 g/mol. The lowest BCUT2D eigenvalue weighted by atomic mass is 10.2. The predicted octanol–water partition coefficient (Wildman–Crippen LogP) is 4.70. The Morgan fingerprint density at radius 1 is 1.00 bits per heavy atom. The Balaban J connectivity index is 3.28. The zero-order valence-electron chi connectivity index (χ0n) is 9.24. The van der Waals surface area contributed by atoms with Crippen molar-refractivity contribution in [1.29, 1.82) is 0 Å². The smallest absolute Gasteiger partial charge is 0.0342 e. The van der Waals surface area contributed by atoms with Crippen LogP contribution in [-0.2, 0) is 0 Å². The SMILES string of the molecule is [CH2]C=Cc1cc(SC)c(SC)c(SC)c1. The summed E-state index contributed by atoms with van der Waals surface area (Å²) in [6, 6.07) is 4.44. The maximum atomic E-state index is 3.74. The van der Waals surface area contributed by atoms with Crippen molar-refractivity contribution in [2.24, 2.45) is 0 Å². The topological polar surface area (TPSA) is 0 Å². The first-order chi connectivity index (χ1) is 7.26. The summed E-state index contributed by atoms with van der Waals surface area (Å²) >= 11 is 5.42. The van der Waals surface area contributed by atoms with Gasteiger partial charge in [-0.05, 0) is 43.4 Å². The maximum absolute atomic E-state index is 3.74. The summed E-state index contributed by atoms with van der Waals surface area (Å²) in [6.07, 6.45) is 10.3. The fourth-order valence-electron chi connectivity index (χ4n) is 1.33. The minimum Gasteiger partial charge on any atom is -0.128 e. The average Bonchev–Trinajstić information content (AvgIpc) is 2.28. The highest BCUT2D eigenvalue weighted by Crippen LogP contribution is 2.37. The molecule has 1 radical (unpaired) electrons. The molecule has 0 N–H and O–H groups in total. The fraction of sp³-hybridized carbons (Fsp3) is 0.250. The van der Waals surface area contributed by atoms with Gasteiger partial charge in [0.15, 0.2) is 0 Å². The van der Waals surface area contributed by atoms with Gasteiger partial charge in [-0.15, -0.1) is 35.3 Å². The van der Waals surface area contributed by atoms with Crippen molar-refractivity contribution in [3.63, 3.8) is 0 Å². The summed E-state index contributed by atoms with van der Waals surface area (Å²) in [5.74, 6) is 0. The van der Waals surface area contributed by atoms with Crippen molar-refractivity contribution in [2.75, 3.05) is 18.8 Å². The van der Waals surface area contributed by atoms with Crippen LogP contribution in [0.4, 0.5) is 0 Å². The normalized spacial score (nSPS) is 11.2. The quantitative estimate of drug-likeness (QED) is 0.716. The molecule has 0 aromatic heterocycles. The van der Waals surface area contributed by atoms with Gasteiger partial charge in [0, 0.05) is 14.7 Å². The summed E-state index contributed by atoms with van der Waals surface area (Å²) in [5.41, 5.74) is 1.23. The molecule has 0 nitrogen and oxygen atoms in total. The van der Waals surface area contributed by atoms with E-state index < -0.39 is 0 Å². The number of allylic oxidation sites excluding steroid dienone is 1. The summed E-state index contributed by atoms with van der Waals surface area (Å²) in [4.78, 5) is 4.08. The minimum absolute atomic E-state index is 1.23. The molecular weight excluding hydrogens is 240 g/mol. The Hall–Kier alpha value is 0.01000. The Bertz CT molecular complexity index is 331. The van der Waals surface area contributed by atoms with Crippen molar-refractivity contribution in [1.82, 2.24) is 0 Å². The number of hydrogen-bond acceptors (Lipinski definition) is 3. The van der Waals surface area contributed by atoms with Crippen molar-refractivity contribution in [2.45, 2.75) is 14.7 Å². The first kappa shape index (κ1) is 13.1. The van der Waals surface area contributed by atoms with E-state index in [9.17, 15) is 0 Å². The van der Waals surface area contributed by atoms with Gasteiger partial charge in [-0.2, -0.15) is 0 Å². The highest BCUT2D eigenvalue weighted by molar-refractivity contribution is 8.03. The molecule has 0 aliphatic rings. The van der Waals surface area contributed by atoms with Crippen LogP contribution in [0.25, 0.3) is 6.08 Å². The van der Waals surface area contributed by atoms with Crippen LogP contribution >= 0.6 is 35.3 Å². The van der Waals surface area contributed by atoms with E-state index in [-0.39, 0.29) is 0 Å². The van der Waals surface area contributed by atoms with Gasteiger partial charge in [0.05, 0.1) is 0 Å². The summed E-state index contributed by atoms with van der Waals surface area (Å²) in [6.45, 7) is 3.74. The molecule has 3 heteroatoms. The van der Waals surface area contributed by atoms with Crippen LogP contribution in [-0.4, -0.2) is 18.8 Å². The van der Waals surface area contributed by atoms with Crippen molar-refractivity contribution in [3.8, 4) is 0 Å². The van der Waals surface area contributed by atoms with Gasteiger partial charge in [0.2, 0.25) is 0 Å². The van der Waals surface area contributed by atoms with E-state index in [4.69, 9.17) is 0 Å². The molecule has 1 aromatic carbocycles. The Labute approximate surface area is 105 Å². The van der Waals surface area contributed by atoms with E-state index >= 15 is 0 Å². The van der Waals surface area contributed by atoms with Crippen molar-refractivity contribution >= 4 is 41.4 Å². The first-order valence-corrected chi connectivity index (χ1v) is 8.20. The molecule has 0 saturated carbocycles. The van der Waals surface area contributed by atoms with E-state index in [1.807, 2.05) is 23.9 Å². The lowest BCUT2D eigenvalue weighted by Crippen LogP contribution is -1.85. The van der Waals surface area contributed by atoms with E-state index in [1.54, 1.807) is 23.5 Å². The number of benzene rings is 1. The summed E-state index contributed by atoms with van der Waals surface area (Å²) in [5, 5.41) is 0. The molecule has 0 aliphatic carbocycles. The zero-order valence-corrected chi connectivity index (χ0v) is 11.7. The standard InChI is InChI=1S/C12H15S3/c1-5-6-9-7-10(13-2)12(15-4)11(8-9)14-3/h5-8H,1H2,2-4H3. The van der Waals surface area contributed by atoms with Crippen LogP contribution in [0.3, 0.4) is 0 Å². The highest BCUT2D eigenvalue weighted by atomic mass is 32.2. The number of thioether (sulfide) groups is 3. The fourth-order valence-corrected chi connectivity index (χ4v) is 4.02. The van der Waals surface area contributed by atoms with Crippen molar-refractivity contribution < 1.29 is 0 Å². The maximum Gasteiger partial charge on any atom is 0.0342 e. The molecule has 81 valence electrons. The summed E-state index contributed by atoms with van der Waals surface area (Å²) in [7, 11) is 0. The van der Waals surface area contributed by atoms with Crippen LogP contribution < -0.4 is 0 Å². The van der Waals surface area contributed by atoms with Gasteiger partial charge < -0.3 is 0 Å².